The topological polar surface area (TPSA) is 34.0 Å². The van der Waals surface area contributed by atoms with Gasteiger partial charge in [-0.3, -0.25) is 0 Å². The fourth-order valence-electron chi connectivity index (χ4n) is 1.96. The molecule has 2 rings (SSSR count). The molecule has 0 saturated heterocycles. The highest BCUT2D eigenvalue weighted by Crippen LogP contribution is 2.21. The molecule has 0 radical (unpaired) electrons. The smallest absolute Gasteiger partial charge is 0.119 e. The van der Waals surface area contributed by atoms with Crippen LogP contribution in [0.2, 0.25) is 0 Å². The molecular weight excluding hydrogens is 260 g/mol. The van der Waals surface area contributed by atoms with Crippen molar-refractivity contribution < 1.29 is 4.74 Å². The van der Waals surface area contributed by atoms with E-state index < -0.39 is 0 Å². The highest BCUT2D eigenvalue weighted by atomic mass is 16.5. The van der Waals surface area contributed by atoms with Crippen LogP contribution >= 0.6 is 0 Å². The van der Waals surface area contributed by atoms with E-state index in [4.69, 9.17) is 4.74 Å². The summed E-state index contributed by atoms with van der Waals surface area (Å²) in [5.74, 6) is 0.889. The molecule has 21 heavy (non-hydrogen) atoms. The molecule has 110 valence electrons. The summed E-state index contributed by atoms with van der Waals surface area (Å²) in [6.45, 7) is 5.01. The van der Waals surface area contributed by atoms with E-state index >= 15 is 0 Å². The zero-order chi connectivity index (χ0) is 14.9. The molecule has 0 aliphatic carbocycles. The van der Waals surface area contributed by atoms with E-state index in [1.54, 1.807) is 0 Å². The molecule has 0 aromatic heterocycles. The van der Waals surface area contributed by atoms with E-state index in [2.05, 4.69) is 17.2 Å². The Bertz CT molecular complexity index is 576. The van der Waals surface area contributed by atoms with Gasteiger partial charge in [-0.2, -0.15) is 10.2 Å². The SMILES string of the molecule is CCCCCOc1ccc(N=Nc2cccc(C)c2)cc1. The van der Waals surface area contributed by atoms with Gasteiger partial charge in [0.2, 0.25) is 0 Å². The number of aryl methyl sites for hydroxylation is 1. The highest BCUT2D eigenvalue weighted by Gasteiger charge is 1.95. The molecule has 3 heteroatoms. The summed E-state index contributed by atoms with van der Waals surface area (Å²) in [7, 11) is 0. The van der Waals surface area contributed by atoms with E-state index in [9.17, 15) is 0 Å². The summed E-state index contributed by atoms with van der Waals surface area (Å²) < 4.78 is 5.67. The van der Waals surface area contributed by atoms with Crippen LogP contribution in [0, 0.1) is 6.92 Å². The molecule has 0 saturated carbocycles. The average molecular weight is 282 g/mol. The maximum atomic E-state index is 5.67. The van der Waals surface area contributed by atoms with Crippen LogP contribution in [-0.2, 0) is 0 Å². The fourth-order valence-corrected chi connectivity index (χ4v) is 1.96. The lowest BCUT2D eigenvalue weighted by Gasteiger charge is -2.05. The summed E-state index contributed by atoms with van der Waals surface area (Å²) >= 11 is 0. The van der Waals surface area contributed by atoms with Crippen molar-refractivity contribution in [3.63, 3.8) is 0 Å². The fraction of sp³-hybridized carbons (Fsp3) is 0.333. The predicted octanol–water partition coefficient (Wildman–Crippen LogP) is 5.98. The molecule has 0 bridgehead atoms. The van der Waals surface area contributed by atoms with Crippen LogP contribution in [0.3, 0.4) is 0 Å². The van der Waals surface area contributed by atoms with Crippen LogP contribution in [0.25, 0.3) is 0 Å². The Hall–Kier alpha value is -2.16. The van der Waals surface area contributed by atoms with E-state index in [1.165, 1.54) is 18.4 Å². The first kappa shape index (κ1) is 15.2. The first-order chi connectivity index (χ1) is 10.3. The van der Waals surface area contributed by atoms with Gasteiger partial charge in [0, 0.05) is 0 Å². The van der Waals surface area contributed by atoms with Crippen LogP contribution in [0.15, 0.2) is 58.8 Å². The van der Waals surface area contributed by atoms with Crippen LogP contribution in [-0.4, -0.2) is 6.61 Å². The van der Waals surface area contributed by atoms with Gasteiger partial charge in [0.15, 0.2) is 0 Å². The second-order valence-electron chi connectivity index (χ2n) is 5.09. The van der Waals surface area contributed by atoms with Crippen molar-refractivity contribution in [1.82, 2.24) is 0 Å². The summed E-state index contributed by atoms with van der Waals surface area (Å²) in [5.41, 5.74) is 2.88. The minimum atomic E-state index is 0.776. The van der Waals surface area contributed by atoms with Crippen molar-refractivity contribution in [3.05, 3.63) is 54.1 Å². The third-order valence-corrected chi connectivity index (χ3v) is 3.14. The van der Waals surface area contributed by atoms with Crippen molar-refractivity contribution in [2.24, 2.45) is 10.2 Å². The lowest BCUT2D eigenvalue weighted by Crippen LogP contribution is -1.96. The minimum absolute atomic E-state index is 0.776. The number of benzene rings is 2. The molecule has 2 aromatic rings. The zero-order valence-corrected chi connectivity index (χ0v) is 12.7. The maximum Gasteiger partial charge on any atom is 0.119 e. The van der Waals surface area contributed by atoms with Gasteiger partial charge in [0.25, 0.3) is 0 Å². The lowest BCUT2D eigenvalue weighted by atomic mass is 10.2. The van der Waals surface area contributed by atoms with Gasteiger partial charge in [0.1, 0.15) is 5.75 Å². The van der Waals surface area contributed by atoms with E-state index in [0.717, 1.165) is 30.2 Å². The molecule has 0 aliphatic heterocycles. The molecule has 0 amide bonds. The van der Waals surface area contributed by atoms with E-state index in [-0.39, 0.29) is 0 Å². The van der Waals surface area contributed by atoms with Gasteiger partial charge in [-0.15, -0.1) is 0 Å². The Balaban J connectivity index is 1.90. The molecule has 0 unspecified atom stereocenters. The van der Waals surface area contributed by atoms with Crippen molar-refractivity contribution in [3.8, 4) is 5.75 Å². The van der Waals surface area contributed by atoms with Gasteiger partial charge in [0.05, 0.1) is 18.0 Å². The highest BCUT2D eigenvalue weighted by molar-refractivity contribution is 5.43. The Kier molecular flexibility index (Phi) is 5.95. The quantitative estimate of drug-likeness (QED) is 0.454. The third-order valence-electron chi connectivity index (χ3n) is 3.14. The van der Waals surface area contributed by atoms with Gasteiger partial charge in [-0.05, 0) is 55.3 Å². The molecule has 0 spiro atoms. The molecule has 2 aromatic carbocycles. The Morgan fingerprint density at radius 2 is 1.67 bits per heavy atom. The summed E-state index contributed by atoms with van der Waals surface area (Å²) in [4.78, 5) is 0. The summed E-state index contributed by atoms with van der Waals surface area (Å²) in [6, 6.07) is 15.7. The van der Waals surface area contributed by atoms with Gasteiger partial charge < -0.3 is 4.74 Å². The monoisotopic (exact) mass is 282 g/mol. The van der Waals surface area contributed by atoms with Crippen molar-refractivity contribution in [1.29, 1.82) is 0 Å². The van der Waals surface area contributed by atoms with Crippen LogP contribution in [0.4, 0.5) is 11.4 Å². The zero-order valence-electron chi connectivity index (χ0n) is 12.7. The van der Waals surface area contributed by atoms with Gasteiger partial charge >= 0.3 is 0 Å². The molecular formula is C18H22N2O. The standard InChI is InChI=1S/C18H22N2O/c1-3-4-5-13-21-18-11-9-16(10-12-18)19-20-17-8-6-7-15(2)14-17/h6-12,14H,3-5,13H2,1-2H3. The minimum Gasteiger partial charge on any atom is -0.494 e. The maximum absolute atomic E-state index is 5.67. The Morgan fingerprint density at radius 3 is 2.38 bits per heavy atom. The number of ether oxygens (including phenoxy) is 1. The largest absolute Gasteiger partial charge is 0.494 e. The molecule has 0 N–H and O–H groups in total. The number of unbranched alkanes of at least 4 members (excludes halogenated alkanes) is 2. The number of azo groups is 1. The molecule has 0 atom stereocenters. The van der Waals surface area contributed by atoms with Crippen LogP contribution < -0.4 is 4.74 Å². The molecule has 0 heterocycles. The number of hydrogen-bond acceptors (Lipinski definition) is 3. The molecule has 0 aliphatic rings. The number of rotatable bonds is 7. The Morgan fingerprint density at radius 1 is 0.905 bits per heavy atom. The second kappa shape index (κ2) is 8.20. The van der Waals surface area contributed by atoms with E-state index in [0.29, 0.717) is 0 Å². The average Bonchev–Trinajstić information content (AvgIpc) is 2.51. The molecule has 0 fully saturated rings. The Labute approximate surface area is 126 Å². The van der Waals surface area contributed by atoms with Crippen molar-refractivity contribution in [2.45, 2.75) is 33.1 Å². The normalized spacial score (nSPS) is 11.0. The predicted molar refractivity (Wildman–Crippen MR) is 86.8 cm³/mol. The second-order valence-corrected chi connectivity index (χ2v) is 5.09. The van der Waals surface area contributed by atoms with Crippen LogP contribution in [0.5, 0.6) is 5.75 Å². The van der Waals surface area contributed by atoms with Gasteiger partial charge in [-0.1, -0.05) is 31.9 Å². The summed E-state index contributed by atoms with van der Waals surface area (Å²) in [5, 5.41) is 8.48. The number of hydrogen-bond donors (Lipinski definition) is 0. The molecule has 3 nitrogen and oxygen atoms in total. The van der Waals surface area contributed by atoms with Crippen LogP contribution in [0.1, 0.15) is 31.7 Å². The lowest BCUT2D eigenvalue weighted by molar-refractivity contribution is 0.306. The number of nitrogens with zero attached hydrogens (tertiary/aromatic N) is 2. The van der Waals surface area contributed by atoms with Gasteiger partial charge in [-0.25, -0.2) is 0 Å². The summed E-state index contributed by atoms with van der Waals surface area (Å²) in [6.07, 6.45) is 3.52. The first-order valence-corrected chi connectivity index (χ1v) is 7.49. The van der Waals surface area contributed by atoms with Crippen molar-refractivity contribution >= 4 is 11.4 Å². The van der Waals surface area contributed by atoms with Crippen molar-refractivity contribution in [2.75, 3.05) is 6.61 Å². The third kappa shape index (κ3) is 5.38. The first-order valence-electron chi connectivity index (χ1n) is 7.49. The van der Waals surface area contributed by atoms with E-state index in [1.807, 2.05) is 55.5 Å².